The summed E-state index contributed by atoms with van der Waals surface area (Å²) in [6.45, 7) is 4.44. The molecule has 0 saturated carbocycles. The molecule has 0 atom stereocenters. The van der Waals surface area contributed by atoms with Crippen molar-refractivity contribution in [1.29, 1.82) is 5.26 Å². The maximum absolute atomic E-state index is 11.4. The van der Waals surface area contributed by atoms with Gasteiger partial charge >= 0.3 is 5.97 Å². The van der Waals surface area contributed by atoms with Crippen LogP contribution in [0.5, 0.6) is 0 Å². The van der Waals surface area contributed by atoms with E-state index in [0.717, 1.165) is 29.7 Å². The minimum Gasteiger partial charge on any atom is -0.465 e. The summed E-state index contributed by atoms with van der Waals surface area (Å²) in [5.74, 6) is -0.343. The van der Waals surface area contributed by atoms with Crippen molar-refractivity contribution in [3.05, 3.63) is 33.8 Å². The van der Waals surface area contributed by atoms with Crippen LogP contribution in [-0.4, -0.2) is 31.1 Å². The van der Waals surface area contributed by atoms with E-state index in [4.69, 9.17) is 5.26 Å². The van der Waals surface area contributed by atoms with Gasteiger partial charge in [-0.2, -0.15) is 5.26 Å². The van der Waals surface area contributed by atoms with Crippen molar-refractivity contribution < 1.29 is 9.53 Å². The number of ether oxygens (including phenoxy) is 1. The lowest BCUT2D eigenvalue weighted by Crippen LogP contribution is -2.24. The van der Waals surface area contributed by atoms with Gasteiger partial charge in [0.05, 0.1) is 18.7 Å². The van der Waals surface area contributed by atoms with E-state index < -0.39 is 0 Å². The molecule has 0 N–H and O–H groups in total. The molecule has 0 aliphatic heterocycles. The van der Waals surface area contributed by atoms with Crippen LogP contribution in [0, 0.1) is 11.3 Å². The summed E-state index contributed by atoms with van der Waals surface area (Å²) in [5, 5.41) is 8.62. The Bertz CT molecular complexity index is 483. The first-order chi connectivity index (χ1) is 9.12. The molecule has 4 nitrogen and oxygen atoms in total. The van der Waals surface area contributed by atoms with Crippen molar-refractivity contribution in [2.45, 2.75) is 19.9 Å². The van der Waals surface area contributed by atoms with Gasteiger partial charge in [0.2, 0.25) is 0 Å². The number of hydrogen-bond donors (Lipinski definition) is 0. The van der Waals surface area contributed by atoms with Gasteiger partial charge in [-0.3, -0.25) is 4.90 Å². The van der Waals surface area contributed by atoms with Gasteiger partial charge in [-0.1, -0.05) is 28.9 Å². The molecule has 0 heterocycles. The number of halogens is 1. The minimum absolute atomic E-state index is 0.343. The number of rotatable bonds is 6. The highest BCUT2D eigenvalue weighted by atomic mass is 79.9. The molecule has 0 aliphatic rings. The van der Waals surface area contributed by atoms with E-state index in [1.807, 2.05) is 6.07 Å². The number of carbonyl (C=O) groups excluding carboxylic acids is 1. The molecule has 1 aromatic rings. The van der Waals surface area contributed by atoms with E-state index in [1.165, 1.54) is 7.11 Å². The smallest absolute Gasteiger partial charge is 0.337 e. The largest absolute Gasteiger partial charge is 0.465 e. The van der Waals surface area contributed by atoms with Crippen LogP contribution in [0.4, 0.5) is 0 Å². The van der Waals surface area contributed by atoms with Crippen molar-refractivity contribution in [1.82, 2.24) is 4.90 Å². The molecule has 0 radical (unpaired) electrons. The lowest BCUT2D eigenvalue weighted by molar-refractivity contribution is 0.0600. The lowest BCUT2D eigenvalue weighted by Gasteiger charge is -2.19. The van der Waals surface area contributed by atoms with Crippen molar-refractivity contribution in [2.24, 2.45) is 0 Å². The van der Waals surface area contributed by atoms with Crippen LogP contribution in [0.2, 0.25) is 0 Å². The molecule has 1 aromatic carbocycles. The predicted molar refractivity (Wildman–Crippen MR) is 76.7 cm³/mol. The lowest BCUT2D eigenvalue weighted by atomic mass is 10.1. The predicted octanol–water partition coefficient (Wildman–Crippen LogP) is 2.97. The molecule has 0 spiro atoms. The zero-order valence-corrected chi connectivity index (χ0v) is 12.7. The normalized spacial score (nSPS) is 10.3. The van der Waals surface area contributed by atoms with E-state index >= 15 is 0 Å². The molecule has 0 aromatic heterocycles. The fourth-order valence-electron chi connectivity index (χ4n) is 1.72. The highest BCUT2D eigenvalue weighted by Gasteiger charge is 2.10. The van der Waals surface area contributed by atoms with Crippen LogP contribution < -0.4 is 0 Å². The fraction of sp³-hybridized carbons (Fsp3) is 0.429. The Labute approximate surface area is 122 Å². The second kappa shape index (κ2) is 7.93. The monoisotopic (exact) mass is 324 g/mol. The molecule has 0 aliphatic carbocycles. The average Bonchev–Trinajstić information content (AvgIpc) is 2.44. The van der Waals surface area contributed by atoms with Crippen molar-refractivity contribution >= 4 is 21.9 Å². The van der Waals surface area contributed by atoms with E-state index in [2.05, 4.69) is 38.6 Å². The summed E-state index contributed by atoms with van der Waals surface area (Å²) >= 11 is 3.47. The second-order valence-corrected chi connectivity index (χ2v) is 4.93. The zero-order chi connectivity index (χ0) is 14.3. The van der Waals surface area contributed by atoms with Crippen molar-refractivity contribution in [3.8, 4) is 6.07 Å². The van der Waals surface area contributed by atoms with Crippen LogP contribution >= 0.6 is 15.9 Å². The molecule has 0 fully saturated rings. The number of benzene rings is 1. The second-order valence-electron chi connectivity index (χ2n) is 4.07. The van der Waals surface area contributed by atoms with Crippen molar-refractivity contribution in [2.75, 3.05) is 20.2 Å². The Morgan fingerprint density at radius 1 is 1.53 bits per heavy atom. The first-order valence-electron chi connectivity index (χ1n) is 6.08. The van der Waals surface area contributed by atoms with Crippen LogP contribution in [0.25, 0.3) is 0 Å². The number of carbonyl (C=O) groups is 1. The molecule has 0 amide bonds. The van der Waals surface area contributed by atoms with Crippen LogP contribution in [0.15, 0.2) is 22.7 Å². The van der Waals surface area contributed by atoms with E-state index in [9.17, 15) is 4.79 Å². The maximum atomic E-state index is 11.4. The topological polar surface area (TPSA) is 53.3 Å². The van der Waals surface area contributed by atoms with Gasteiger partial charge in [0.25, 0.3) is 0 Å². The summed E-state index contributed by atoms with van der Waals surface area (Å²) in [7, 11) is 1.37. The Morgan fingerprint density at radius 3 is 2.79 bits per heavy atom. The molecule has 19 heavy (non-hydrogen) atoms. The van der Waals surface area contributed by atoms with Gasteiger partial charge in [0.1, 0.15) is 0 Å². The first kappa shape index (κ1) is 15.7. The van der Waals surface area contributed by atoms with Gasteiger partial charge in [-0.15, -0.1) is 0 Å². The van der Waals surface area contributed by atoms with Gasteiger partial charge in [0, 0.05) is 24.0 Å². The molecule has 0 unspecified atom stereocenters. The number of methoxy groups -OCH3 is 1. The van der Waals surface area contributed by atoms with Crippen molar-refractivity contribution in [3.63, 3.8) is 0 Å². The van der Waals surface area contributed by atoms with Crippen LogP contribution in [-0.2, 0) is 11.3 Å². The first-order valence-corrected chi connectivity index (χ1v) is 6.87. The number of nitriles is 1. The Kier molecular flexibility index (Phi) is 6.54. The fourth-order valence-corrected chi connectivity index (χ4v) is 2.22. The molecule has 1 rings (SSSR count). The third kappa shape index (κ3) is 4.66. The molecule has 0 saturated heterocycles. The maximum Gasteiger partial charge on any atom is 0.337 e. The van der Waals surface area contributed by atoms with Gasteiger partial charge < -0.3 is 4.74 Å². The zero-order valence-electron chi connectivity index (χ0n) is 11.1. The minimum atomic E-state index is -0.343. The molecule has 5 heteroatoms. The molecular formula is C14H17BrN2O2. The third-order valence-electron chi connectivity index (χ3n) is 2.86. The Balaban J connectivity index is 2.79. The standard InChI is InChI=1S/C14H17BrN2O2/c1-3-17(8-4-7-16)10-12-6-5-11(9-13(12)15)14(18)19-2/h5-6,9H,3-4,8,10H2,1-2H3. The van der Waals surface area contributed by atoms with Gasteiger partial charge in [0.15, 0.2) is 0 Å². The van der Waals surface area contributed by atoms with Gasteiger partial charge in [-0.25, -0.2) is 4.79 Å². The molecule has 0 bridgehead atoms. The SMILES string of the molecule is CCN(CCC#N)Cc1ccc(C(=O)OC)cc1Br. The number of hydrogen-bond acceptors (Lipinski definition) is 4. The average molecular weight is 325 g/mol. The Morgan fingerprint density at radius 2 is 2.26 bits per heavy atom. The van der Waals surface area contributed by atoms with Gasteiger partial charge in [-0.05, 0) is 24.2 Å². The summed E-state index contributed by atoms with van der Waals surface area (Å²) in [5.41, 5.74) is 1.62. The van der Waals surface area contributed by atoms with Crippen LogP contribution in [0.1, 0.15) is 29.3 Å². The summed E-state index contributed by atoms with van der Waals surface area (Å²) in [6, 6.07) is 7.58. The number of esters is 1. The quantitative estimate of drug-likeness (QED) is 0.755. The van der Waals surface area contributed by atoms with E-state index in [0.29, 0.717) is 12.0 Å². The van der Waals surface area contributed by atoms with E-state index in [1.54, 1.807) is 12.1 Å². The third-order valence-corrected chi connectivity index (χ3v) is 3.59. The molecular weight excluding hydrogens is 308 g/mol. The summed E-state index contributed by atoms with van der Waals surface area (Å²) in [6.07, 6.45) is 0.520. The van der Waals surface area contributed by atoms with Crippen LogP contribution in [0.3, 0.4) is 0 Å². The van der Waals surface area contributed by atoms with E-state index in [-0.39, 0.29) is 5.97 Å². The summed E-state index contributed by atoms with van der Waals surface area (Å²) < 4.78 is 5.56. The number of nitrogens with zero attached hydrogens (tertiary/aromatic N) is 2. The Hall–Kier alpha value is -1.38. The summed E-state index contributed by atoms with van der Waals surface area (Å²) in [4.78, 5) is 13.6. The highest BCUT2D eigenvalue weighted by molar-refractivity contribution is 9.10. The molecule has 102 valence electrons. The highest BCUT2D eigenvalue weighted by Crippen LogP contribution is 2.21.